The van der Waals surface area contributed by atoms with Gasteiger partial charge in [-0.25, -0.2) is 0 Å². The average molecular weight is 234 g/mol. The van der Waals surface area contributed by atoms with Crippen LogP contribution in [0, 0.1) is 0 Å². The van der Waals surface area contributed by atoms with E-state index >= 15 is 0 Å². The van der Waals surface area contributed by atoms with E-state index in [1.807, 2.05) is 12.1 Å². The molecule has 1 atom stereocenters. The molecule has 1 unspecified atom stereocenters. The average Bonchev–Trinajstić information content (AvgIpc) is 2.25. The number of carbonyl (C=O) groups is 2. The van der Waals surface area contributed by atoms with Crippen molar-refractivity contribution in [2.75, 3.05) is 0 Å². The van der Waals surface area contributed by atoms with Gasteiger partial charge in [0.05, 0.1) is 5.92 Å². The van der Waals surface area contributed by atoms with Crippen LogP contribution in [0.5, 0.6) is 0 Å². The van der Waals surface area contributed by atoms with Gasteiger partial charge in [0.25, 0.3) is 0 Å². The van der Waals surface area contributed by atoms with Gasteiger partial charge < -0.3 is 5.11 Å². The first-order chi connectivity index (χ1) is 7.91. The number of hydrogen-bond donors (Lipinski definition) is 1. The molecule has 17 heavy (non-hydrogen) atoms. The molecule has 0 aliphatic rings. The number of ketones is 1. The van der Waals surface area contributed by atoms with Crippen LogP contribution in [-0.4, -0.2) is 16.9 Å². The van der Waals surface area contributed by atoms with Crippen molar-refractivity contribution in [1.29, 1.82) is 0 Å². The van der Waals surface area contributed by atoms with Gasteiger partial charge in [0, 0.05) is 6.42 Å². The zero-order valence-electron chi connectivity index (χ0n) is 10.4. The molecule has 0 radical (unpaired) electrons. The number of carbonyl (C=O) groups excluding carboxylic acids is 1. The first-order valence-electron chi connectivity index (χ1n) is 5.74. The molecule has 0 spiro atoms. The van der Waals surface area contributed by atoms with Crippen LogP contribution in [-0.2, 0) is 9.59 Å². The molecule has 92 valence electrons. The third kappa shape index (κ3) is 3.70. The fraction of sp³-hybridized carbons (Fsp3) is 0.429. The van der Waals surface area contributed by atoms with Gasteiger partial charge in [0.15, 0.2) is 0 Å². The minimum atomic E-state index is -0.947. The lowest BCUT2D eigenvalue weighted by atomic mass is 9.92. The Labute approximate surface area is 101 Å². The molecule has 0 aliphatic carbocycles. The van der Waals surface area contributed by atoms with Crippen LogP contribution in [0.25, 0.3) is 0 Å². The molecule has 3 heteroatoms. The summed E-state index contributed by atoms with van der Waals surface area (Å²) in [6, 6.07) is 7.46. The van der Waals surface area contributed by atoms with Crippen LogP contribution < -0.4 is 0 Å². The first kappa shape index (κ1) is 13.4. The second-order valence-electron chi connectivity index (χ2n) is 4.62. The largest absolute Gasteiger partial charge is 0.481 e. The van der Waals surface area contributed by atoms with Crippen LogP contribution in [0.2, 0.25) is 0 Å². The van der Waals surface area contributed by atoms with Crippen LogP contribution >= 0.6 is 0 Å². The van der Waals surface area contributed by atoms with Gasteiger partial charge in [-0.1, -0.05) is 38.1 Å². The molecule has 1 rings (SSSR count). The highest BCUT2D eigenvalue weighted by molar-refractivity contribution is 5.85. The molecule has 0 aromatic heterocycles. The zero-order chi connectivity index (χ0) is 13.0. The maximum absolute atomic E-state index is 11.1. The number of benzene rings is 1. The number of hydrogen-bond acceptors (Lipinski definition) is 2. The molecule has 1 aromatic rings. The lowest BCUT2D eigenvalue weighted by Crippen LogP contribution is -2.14. The van der Waals surface area contributed by atoms with Crippen molar-refractivity contribution in [3.63, 3.8) is 0 Å². The summed E-state index contributed by atoms with van der Waals surface area (Å²) < 4.78 is 0. The lowest BCUT2D eigenvalue weighted by Gasteiger charge is -2.12. The maximum atomic E-state index is 11.1. The second-order valence-corrected chi connectivity index (χ2v) is 4.62. The SMILES string of the molecule is CC(=O)CC(C(=O)O)c1ccc(C(C)C)cc1. The normalized spacial score (nSPS) is 12.5. The second kappa shape index (κ2) is 5.62. The number of carboxylic acids is 1. The maximum Gasteiger partial charge on any atom is 0.311 e. The molecule has 0 amide bonds. The molecule has 1 aromatic carbocycles. The molecule has 3 nitrogen and oxygen atoms in total. The molecule has 0 heterocycles. The van der Waals surface area contributed by atoms with Gasteiger partial charge in [0.2, 0.25) is 0 Å². The zero-order valence-corrected chi connectivity index (χ0v) is 10.4. The van der Waals surface area contributed by atoms with Crippen molar-refractivity contribution >= 4 is 11.8 Å². The van der Waals surface area contributed by atoms with E-state index in [4.69, 9.17) is 5.11 Å². The lowest BCUT2D eigenvalue weighted by molar-refractivity contribution is -0.140. The molecular formula is C14H18O3. The fourth-order valence-corrected chi connectivity index (χ4v) is 1.75. The van der Waals surface area contributed by atoms with Crippen molar-refractivity contribution in [3.05, 3.63) is 35.4 Å². The predicted octanol–water partition coefficient (Wildman–Crippen LogP) is 2.96. The van der Waals surface area contributed by atoms with Gasteiger partial charge in [-0.05, 0) is 24.0 Å². The fourth-order valence-electron chi connectivity index (χ4n) is 1.75. The summed E-state index contributed by atoms with van der Waals surface area (Å²) in [6.45, 7) is 5.58. The monoisotopic (exact) mass is 234 g/mol. The van der Waals surface area contributed by atoms with Crippen LogP contribution in [0.3, 0.4) is 0 Å². The van der Waals surface area contributed by atoms with E-state index in [9.17, 15) is 9.59 Å². The van der Waals surface area contributed by atoms with Gasteiger partial charge in [-0.2, -0.15) is 0 Å². The van der Waals surface area contributed by atoms with E-state index in [0.717, 1.165) is 0 Å². The minimum absolute atomic E-state index is 0.0519. The van der Waals surface area contributed by atoms with E-state index < -0.39 is 11.9 Å². The highest BCUT2D eigenvalue weighted by Crippen LogP contribution is 2.23. The molecule has 0 bridgehead atoms. The minimum Gasteiger partial charge on any atom is -0.481 e. The molecule has 0 saturated heterocycles. The Bertz CT molecular complexity index is 404. The van der Waals surface area contributed by atoms with Crippen LogP contribution in [0.15, 0.2) is 24.3 Å². The molecular weight excluding hydrogens is 216 g/mol. The number of rotatable bonds is 5. The smallest absolute Gasteiger partial charge is 0.311 e. The Morgan fingerprint density at radius 1 is 1.12 bits per heavy atom. The first-order valence-corrected chi connectivity index (χ1v) is 5.74. The molecule has 1 N–H and O–H groups in total. The summed E-state index contributed by atoms with van der Waals surface area (Å²) in [4.78, 5) is 22.1. The highest BCUT2D eigenvalue weighted by Gasteiger charge is 2.21. The number of aliphatic carboxylic acids is 1. The molecule has 0 aliphatic heterocycles. The van der Waals surface area contributed by atoms with Crippen molar-refractivity contribution in [2.45, 2.75) is 39.0 Å². The predicted molar refractivity (Wildman–Crippen MR) is 66.2 cm³/mol. The van der Waals surface area contributed by atoms with E-state index in [-0.39, 0.29) is 12.2 Å². The third-order valence-corrected chi connectivity index (χ3v) is 2.80. The molecule has 0 fully saturated rings. The number of Topliss-reactive ketones (excluding diaryl/α,β-unsaturated/α-hetero) is 1. The van der Waals surface area contributed by atoms with Crippen molar-refractivity contribution in [3.8, 4) is 0 Å². The summed E-state index contributed by atoms with van der Waals surface area (Å²) in [5.41, 5.74) is 1.86. The standard InChI is InChI=1S/C14H18O3/c1-9(2)11-4-6-12(7-5-11)13(14(16)17)8-10(3)15/h4-7,9,13H,8H2,1-3H3,(H,16,17). The van der Waals surface area contributed by atoms with Gasteiger partial charge in [-0.3, -0.25) is 9.59 Å². The van der Waals surface area contributed by atoms with Crippen LogP contribution in [0.4, 0.5) is 0 Å². The van der Waals surface area contributed by atoms with Crippen molar-refractivity contribution in [2.24, 2.45) is 0 Å². The van der Waals surface area contributed by atoms with E-state index in [1.165, 1.54) is 12.5 Å². The topological polar surface area (TPSA) is 54.4 Å². The van der Waals surface area contributed by atoms with E-state index in [0.29, 0.717) is 11.5 Å². The van der Waals surface area contributed by atoms with Gasteiger partial charge in [-0.15, -0.1) is 0 Å². The summed E-state index contributed by atoms with van der Waals surface area (Å²) in [5.74, 6) is -1.36. The summed E-state index contributed by atoms with van der Waals surface area (Å²) in [5, 5.41) is 9.10. The highest BCUT2D eigenvalue weighted by atomic mass is 16.4. The quantitative estimate of drug-likeness (QED) is 0.852. The Balaban J connectivity index is 2.95. The summed E-state index contributed by atoms with van der Waals surface area (Å²) >= 11 is 0. The summed E-state index contributed by atoms with van der Waals surface area (Å²) in [6.07, 6.45) is 0.0519. The van der Waals surface area contributed by atoms with E-state index in [1.54, 1.807) is 12.1 Å². The Morgan fingerprint density at radius 2 is 1.59 bits per heavy atom. The summed E-state index contributed by atoms with van der Waals surface area (Å²) in [7, 11) is 0. The van der Waals surface area contributed by atoms with Crippen molar-refractivity contribution < 1.29 is 14.7 Å². The Morgan fingerprint density at radius 3 is 1.94 bits per heavy atom. The Hall–Kier alpha value is -1.64. The van der Waals surface area contributed by atoms with Crippen LogP contribution in [0.1, 0.15) is 50.2 Å². The molecule has 0 saturated carbocycles. The third-order valence-electron chi connectivity index (χ3n) is 2.80. The van der Waals surface area contributed by atoms with Gasteiger partial charge in [0.1, 0.15) is 5.78 Å². The van der Waals surface area contributed by atoms with Gasteiger partial charge >= 0.3 is 5.97 Å². The Kier molecular flexibility index (Phi) is 4.44. The number of carboxylic acid groups (broad SMARTS) is 1. The van der Waals surface area contributed by atoms with Crippen molar-refractivity contribution in [1.82, 2.24) is 0 Å². The van der Waals surface area contributed by atoms with E-state index in [2.05, 4.69) is 13.8 Å².